The minimum Gasteiger partial charge on any atom is -0.497 e. The summed E-state index contributed by atoms with van der Waals surface area (Å²) < 4.78 is 197. The van der Waals surface area contributed by atoms with Crippen molar-refractivity contribution in [1.29, 1.82) is 0 Å². The van der Waals surface area contributed by atoms with Gasteiger partial charge in [0.1, 0.15) is 75.4 Å². The Morgan fingerprint density at radius 3 is 0.692 bits per heavy atom. The molecule has 0 aliphatic rings. The lowest BCUT2D eigenvalue weighted by molar-refractivity contribution is 0.392. The molecule has 26 nitrogen and oxygen atoms in total. The van der Waals surface area contributed by atoms with Crippen molar-refractivity contribution in [3.63, 3.8) is 0 Å². The van der Waals surface area contributed by atoms with Crippen LogP contribution in [0.2, 0.25) is 10.0 Å². The highest BCUT2D eigenvalue weighted by Gasteiger charge is 2.29. The Morgan fingerprint density at radius 1 is 0.240 bits per heavy atom. The van der Waals surface area contributed by atoms with Crippen LogP contribution in [0, 0.1) is 0 Å². The fraction of sp³-hybridized carbons (Fsp3) is 0.135. The van der Waals surface area contributed by atoms with Gasteiger partial charge in [-0.25, -0.2) is 50.5 Å². The molecule has 0 spiro atoms. The Labute approximate surface area is 898 Å². The van der Waals surface area contributed by atoms with E-state index in [1.165, 1.54) is 81.1 Å². The minimum absolute atomic E-state index is 0.0819. The summed E-state index contributed by atoms with van der Waals surface area (Å²) in [5.41, 5.74) is 12.2. The van der Waals surface area contributed by atoms with E-state index in [2.05, 4.69) is 61.8 Å². The van der Waals surface area contributed by atoms with E-state index in [1.54, 1.807) is 227 Å². The molecular weight excluding hydrogens is 2270 g/mol. The largest absolute Gasteiger partial charge is 0.497 e. The fourth-order valence-corrected chi connectivity index (χ4v) is 29.0. The van der Waals surface area contributed by atoms with E-state index in [4.69, 9.17) is 61.1 Å². The van der Waals surface area contributed by atoms with Crippen LogP contribution in [-0.4, -0.2) is 137 Å². The monoisotopic (exact) mass is 2350 g/mol. The smallest absolute Gasteiger partial charge is 0.186 e. The third-order valence-electron chi connectivity index (χ3n) is 21.1. The van der Waals surface area contributed by atoms with Gasteiger partial charge in [-0.2, -0.15) is 34.0 Å². The summed E-state index contributed by atoms with van der Waals surface area (Å²) in [5, 5.41) is 18.5. The summed E-state index contributed by atoms with van der Waals surface area (Å²) in [6, 6.07) is 57.3. The Morgan fingerprint density at radius 2 is 0.466 bits per heavy atom. The second-order valence-corrected chi connectivity index (χ2v) is 50.9. The molecule has 12 heterocycles. The van der Waals surface area contributed by atoms with Crippen LogP contribution in [0.4, 0.5) is 0 Å². The van der Waals surface area contributed by atoms with Gasteiger partial charge in [-0.15, -0.1) is 34.0 Å². The number of methoxy groups -OCH3 is 8. The van der Waals surface area contributed by atoms with Crippen molar-refractivity contribution in [3.05, 3.63) is 375 Å². The van der Waals surface area contributed by atoms with Gasteiger partial charge in [-0.05, 0) is 268 Å². The van der Waals surface area contributed by atoms with E-state index < -0.39 is 59.0 Å². The van der Waals surface area contributed by atoms with Crippen LogP contribution in [-0.2, 0) is 93.5 Å². The second kappa shape index (κ2) is 51.6. The van der Waals surface area contributed by atoms with E-state index in [0.29, 0.717) is 86.9 Å². The molecule has 0 bridgehead atoms. The van der Waals surface area contributed by atoms with Crippen LogP contribution in [0.3, 0.4) is 0 Å². The third-order valence-corrected chi connectivity index (χ3v) is 37.6. The predicted molar refractivity (Wildman–Crippen MR) is 587 cm³/mol. The van der Waals surface area contributed by atoms with Crippen LogP contribution < -0.4 is 37.9 Å². The van der Waals surface area contributed by atoms with Crippen molar-refractivity contribution in [2.24, 2.45) is 0 Å². The van der Waals surface area contributed by atoms with Gasteiger partial charge in [0.15, 0.2) is 59.0 Å². The van der Waals surface area contributed by atoms with Gasteiger partial charge in [0.25, 0.3) is 0 Å². The van der Waals surface area contributed by atoms with Gasteiger partial charge in [0.05, 0.1) is 91.4 Å². The van der Waals surface area contributed by atoms with Gasteiger partial charge in [0, 0.05) is 153 Å². The number of aromatic nitrogens is 6. The number of thiophene rings is 6. The summed E-state index contributed by atoms with van der Waals surface area (Å²) >= 11 is 28.0. The molecule has 0 saturated carbocycles. The van der Waals surface area contributed by atoms with Crippen LogP contribution in [0.5, 0.6) is 46.0 Å². The summed E-state index contributed by atoms with van der Waals surface area (Å²) in [5.74, 6) is 1.80. The zero-order valence-electron chi connectivity index (χ0n) is 78.7. The lowest BCUT2D eigenvalue weighted by atomic mass is 10.1. The molecule has 146 heavy (non-hydrogen) atoms. The van der Waals surface area contributed by atoms with E-state index in [1.807, 2.05) is 139 Å². The van der Waals surface area contributed by atoms with E-state index >= 15 is 0 Å². The quantitative estimate of drug-likeness (QED) is 0.0378. The Hall–Kier alpha value is -11.9. The molecule has 0 N–H and O–H groups in total. The SMILES string of the molecule is COc1ccc(Br)cc1S(=O)(=O)Cc1cncc(-c2cccs2)c1.COc1ccc(Br)cc1S(=O)(=O)Cc1cncc(-c2ccsc2)c1.COc1ccc(Cl)cc1S(=O)(=O)Cc1cncc(-c2cccs2)c1.COc1ccc(Cl)cc1S(=O)(=O)Cc1cncc(-c2ccsc2)c1.COc1ccc(OC)c(S(=O)(=O)Cc2cncc(-c3cccs3)c2)c1.COc1ccc(OC)c(S(=O)(=O)Cc2cncc(-c3ccsc3)c2)c1. The zero-order valence-corrected chi connectivity index (χ0v) is 93.2. The average molecular weight is 2360 g/mol. The zero-order chi connectivity index (χ0) is 104. The van der Waals surface area contributed by atoms with Crippen molar-refractivity contribution < 1.29 is 88.4 Å². The van der Waals surface area contributed by atoms with Gasteiger partial charge >= 0.3 is 0 Å². The lowest BCUT2D eigenvalue weighted by Gasteiger charge is -2.11. The molecule has 18 aromatic rings. The maximum absolute atomic E-state index is 12.9. The van der Waals surface area contributed by atoms with E-state index in [9.17, 15) is 50.5 Å². The van der Waals surface area contributed by atoms with Crippen LogP contribution in [0.15, 0.2) is 361 Å². The summed E-state index contributed by atoms with van der Waals surface area (Å²) in [7, 11) is -9.91. The number of sulfone groups is 6. The maximum atomic E-state index is 12.9. The molecule has 0 fully saturated rings. The van der Waals surface area contributed by atoms with Crippen molar-refractivity contribution in [2.75, 3.05) is 56.9 Å². The molecule has 0 aliphatic heterocycles. The third kappa shape index (κ3) is 30.2. The first-order chi connectivity index (χ1) is 70.0. The highest BCUT2D eigenvalue weighted by molar-refractivity contribution is 9.10. The molecule has 6 aromatic carbocycles. The summed E-state index contributed by atoms with van der Waals surface area (Å²) in [6.45, 7) is 0. The van der Waals surface area contributed by atoms with Gasteiger partial charge < -0.3 is 37.9 Å². The number of pyridine rings is 6. The van der Waals surface area contributed by atoms with Crippen molar-refractivity contribution in [2.45, 2.75) is 63.9 Å². The number of ether oxygens (including phenoxy) is 8. The van der Waals surface area contributed by atoms with Gasteiger partial charge in [-0.1, -0.05) is 73.3 Å². The lowest BCUT2D eigenvalue weighted by Crippen LogP contribution is -2.07. The molecule has 18 rings (SSSR count). The number of rotatable bonds is 32. The Bertz CT molecular complexity index is 7440. The molecule has 0 saturated heterocycles. The Balaban J connectivity index is 0.000000147. The molecule has 0 amide bonds. The molecule has 12 aromatic heterocycles. The number of hydrogen-bond acceptors (Lipinski definition) is 32. The molecular formula is C104H90Br2Cl2N6O20S12. The average Bonchev–Trinajstić information content (AvgIpc) is 0.893. The number of hydrogen-bond donors (Lipinski definition) is 0. The van der Waals surface area contributed by atoms with E-state index in [-0.39, 0.29) is 75.4 Å². The highest BCUT2D eigenvalue weighted by atomic mass is 79.9. The summed E-state index contributed by atoms with van der Waals surface area (Å²) in [4.78, 5) is 28.9. The normalized spacial score (nSPS) is 11.4. The molecule has 756 valence electrons. The molecule has 0 atom stereocenters. The predicted octanol–water partition coefficient (Wildman–Crippen LogP) is 25.6. The second-order valence-electron chi connectivity index (χ2n) is 31.2. The molecule has 42 heteroatoms. The van der Waals surface area contributed by atoms with Crippen molar-refractivity contribution >= 4 is 182 Å². The number of nitrogens with zero attached hydrogens (tertiary/aromatic N) is 6. The van der Waals surface area contributed by atoms with Crippen LogP contribution >= 0.6 is 123 Å². The molecule has 0 radical (unpaired) electrons. The van der Waals surface area contributed by atoms with E-state index in [0.717, 1.165) is 64.7 Å². The van der Waals surface area contributed by atoms with Gasteiger partial charge in [0.2, 0.25) is 0 Å². The highest BCUT2D eigenvalue weighted by Crippen LogP contribution is 2.40. The topological polar surface area (TPSA) is 356 Å². The molecule has 0 aliphatic carbocycles. The van der Waals surface area contributed by atoms with Crippen molar-refractivity contribution in [1.82, 2.24) is 29.9 Å². The molecule has 0 unspecified atom stereocenters. The Kier molecular flexibility index (Phi) is 39.3. The first-order valence-corrected chi connectivity index (χ1v) is 60.7. The first kappa shape index (κ1) is 111. The fourth-order valence-electron chi connectivity index (χ4n) is 14.3. The summed E-state index contributed by atoms with van der Waals surface area (Å²) in [6.07, 6.45) is 19.8. The van der Waals surface area contributed by atoms with Crippen LogP contribution in [0.1, 0.15) is 33.4 Å². The number of benzene rings is 6. The van der Waals surface area contributed by atoms with Crippen molar-refractivity contribution in [3.8, 4) is 111 Å². The first-order valence-electron chi connectivity index (χ1n) is 43.0. The minimum atomic E-state index is -3.62. The van der Waals surface area contributed by atoms with Gasteiger partial charge in [-0.3, -0.25) is 29.9 Å². The standard InChI is InChI=1S/2C18H17NO4S2.2C17H14BrNO3S2.2C17H14ClNO3S2/c1-22-16-3-4-17(23-2)18(8-16)25(20,21)12-13-7-15(10-19-9-13)14-5-6-24-11-14;1-22-15-5-6-16(23-2)18(9-15)25(20,21)12-13-8-14(11-19-10-13)17-4-3-7-24-17;1-22-16-3-2-15(18)7-17(16)24(20,21)11-12-6-14(9-19-8-12)13-4-5-23-10-13;1-22-15-5-4-14(18)8-17(15)24(20,21)11-12-7-13(10-19-9-12)16-3-2-6-23-16;1-22-16-3-2-15(18)7-17(16)24(20,21)11-12-6-14(9-19-8-12)13-4-5-23-10-13;1-22-15-5-4-14(18)8-17(15)24(20,21)11-12-7-13(10-19-9-12)16-3-2-6-23-16/h2*3-11H,12H2,1-2H3;4*2-10H,11H2,1H3. The maximum Gasteiger partial charge on any atom is 0.186 e. The van der Waals surface area contributed by atoms with Crippen LogP contribution in [0.25, 0.3) is 64.7 Å². The number of halogens is 4.